The molecule has 0 radical (unpaired) electrons. The van der Waals surface area contributed by atoms with Gasteiger partial charge in [-0.15, -0.1) is 0 Å². The molecule has 206 valence electrons. The van der Waals surface area contributed by atoms with Gasteiger partial charge in [-0.25, -0.2) is 14.5 Å². The number of imide groups is 2. The second kappa shape index (κ2) is 11.4. The molecule has 0 bridgehead atoms. The SMILES string of the molecule is CCOC(=O)c1ccc(N2C(=O)NC(=O)/C(=C\c3ccc(OC)cc3OS(=O)(=O)c3ccc(C)cc3)C2=O)cc1. The zero-order valence-electron chi connectivity index (χ0n) is 21.7. The molecule has 1 heterocycles. The highest BCUT2D eigenvalue weighted by Crippen LogP contribution is 2.31. The number of carbonyl (C=O) groups excluding carboxylic acids is 4. The first-order valence-electron chi connectivity index (χ1n) is 11.9. The molecule has 11 nitrogen and oxygen atoms in total. The van der Waals surface area contributed by atoms with Crippen LogP contribution in [0, 0.1) is 6.92 Å². The summed E-state index contributed by atoms with van der Waals surface area (Å²) in [6, 6.07) is 14.6. The Bertz CT molecular complexity index is 1630. The topological polar surface area (TPSA) is 145 Å². The maximum absolute atomic E-state index is 13.3. The van der Waals surface area contributed by atoms with Gasteiger partial charge in [0.15, 0.2) is 5.75 Å². The van der Waals surface area contributed by atoms with Crippen molar-refractivity contribution in [1.82, 2.24) is 5.32 Å². The number of rotatable bonds is 8. The summed E-state index contributed by atoms with van der Waals surface area (Å²) < 4.78 is 41.4. The average molecular weight is 565 g/mol. The minimum Gasteiger partial charge on any atom is -0.497 e. The van der Waals surface area contributed by atoms with Gasteiger partial charge in [0.25, 0.3) is 11.8 Å². The van der Waals surface area contributed by atoms with Crippen LogP contribution in [0.3, 0.4) is 0 Å². The third kappa shape index (κ3) is 5.86. The fourth-order valence-electron chi connectivity index (χ4n) is 3.71. The van der Waals surface area contributed by atoms with Gasteiger partial charge < -0.3 is 13.7 Å². The second-order valence-corrected chi connectivity index (χ2v) is 10.0. The molecule has 0 saturated carbocycles. The van der Waals surface area contributed by atoms with Crippen molar-refractivity contribution in [1.29, 1.82) is 0 Å². The van der Waals surface area contributed by atoms with Crippen LogP contribution in [0.15, 0.2) is 77.2 Å². The molecule has 1 saturated heterocycles. The van der Waals surface area contributed by atoms with Crippen molar-refractivity contribution in [2.45, 2.75) is 18.7 Å². The smallest absolute Gasteiger partial charge is 0.339 e. The first kappa shape index (κ1) is 28.0. The van der Waals surface area contributed by atoms with E-state index in [9.17, 15) is 27.6 Å². The van der Waals surface area contributed by atoms with E-state index >= 15 is 0 Å². The second-order valence-electron chi connectivity index (χ2n) is 8.48. The lowest BCUT2D eigenvalue weighted by molar-refractivity contribution is -0.122. The van der Waals surface area contributed by atoms with Crippen LogP contribution in [0.1, 0.15) is 28.4 Å². The Balaban J connectivity index is 1.71. The molecule has 0 spiro atoms. The minimum atomic E-state index is -4.30. The highest BCUT2D eigenvalue weighted by atomic mass is 32.2. The number of anilines is 1. The lowest BCUT2D eigenvalue weighted by Gasteiger charge is -2.26. The number of hydrogen-bond donors (Lipinski definition) is 1. The van der Waals surface area contributed by atoms with Crippen LogP contribution in [0.2, 0.25) is 0 Å². The van der Waals surface area contributed by atoms with E-state index in [0.717, 1.165) is 16.5 Å². The quantitative estimate of drug-likeness (QED) is 0.188. The first-order valence-corrected chi connectivity index (χ1v) is 13.3. The van der Waals surface area contributed by atoms with E-state index in [0.29, 0.717) is 0 Å². The Morgan fingerprint density at radius 3 is 2.27 bits per heavy atom. The molecule has 4 amide bonds. The predicted molar refractivity (Wildman–Crippen MR) is 143 cm³/mol. The molecule has 1 aliphatic heterocycles. The van der Waals surface area contributed by atoms with Gasteiger partial charge in [0.05, 0.1) is 25.0 Å². The molecule has 0 unspecified atom stereocenters. The summed E-state index contributed by atoms with van der Waals surface area (Å²) in [5, 5.41) is 2.09. The van der Waals surface area contributed by atoms with Gasteiger partial charge >= 0.3 is 22.1 Å². The van der Waals surface area contributed by atoms with E-state index in [1.54, 1.807) is 26.0 Å². The number of hydrogen-bond acceptors (Lipinski definition) is 9. The van der Waals surface area contributed by atoms with Gasteiger partial charge in [-0.3, -0.25) is 14.9 Å². The monoisotopic (exact) mass is 564 g/mol. The molecule has 12 heteroatoms. The molecular formula is C28H24N2O9S. The highest BCUT2D eigenvalue weighted by molar-refractivity contribution is 7.87. The van der Waals surface area contributed by atoms with E-state index in [-0.39, 0.29) is 39.8 Å². The number of amides is 4. The Hall–Kier alpha value is -4.97. The number of carbonyl (C=O) groups is 4. The Morgan fingerprint density at radius 1 is 0.975 bits per heavy atom. The molecule has 0 aromatic heterocycles. The van der Waals surface area contributed by atoms with Crippen LogP contribution in [0.4, 0.5) is 10.5 Å². The van der Waals surface area contributed by atoms with Crippen molar-refractivity contribution in [3.8, 4) is 11.5 Å². The largest absolute Gasteiger partial charge is 0.497 e. The van der Waals surface area contributed by atoms with Crippen LogP contribution in [-0.2, 0) is 24.4 Å². The normalized spacial score (nSPS) is 14.6. The number of methoxy groups -OCH3 is 1. The minimum absolute atomic E-state index is 0.0574. The molecule has 1 fully saturated rings. The molecule has 0 atom stereocenters. The molecule has 3 aromatic rings. The van der Waals surface area contributed by atoms with Gasteiger partial charge in [0.2, 0.25) is 0 Å². The van der Waals surface area contributed by atoms with E-state index < -0.39 is 39.5 Å². The molecule has 3 aromatic carbocycles. The summed E-state index contributed by atoms with van der Waals surface area (Å²) in [6.45, 7) is 3.64. The Morgan fingerprint density at radius 2 is 1.65 bits per heavy atom. The Kier molecular flexibility index (Phi) is 8.00. The average Bonchev–Trinajstić information content (AvgIpc) is 2.92. The zero-order valence-corrected chi connectivity index (χ0v) is 22.5. The van der Waals surface area contributed by atoms with Gasteiger partial charge in [0.1, 0.15) is 16.2 Å². The standard InChI is InChI=1S/C28H24N2O9S/c1-4-38-27(33)18-7-10-20(11-8-18)30-26(32)23(25(31)29-28(30)34)15-19-9-12-21(37-3)16-24(19)39-40(35,36)22-13-5-17(2)6-14-22/h5-16H,4H2,1-3H3,(H,29,31,34)/b23-15+. The third-order valence-corrected chi connectivity index (χ3v) is 7.02. The first-order chi connectivity index (χ1) is 19.0. The van der Waals surface area contributed by atoms with Crippen LogP contribution < -0.4 is 19.1 Å². The van der Waals surface area contributed by atoms with Crippen molar-refractivity contribution in [2.75, 3.05) is 18.6 Å². The summed E-state index contributed by atoms with van der Waals surface area (Å²) in [6.07, 6.45) is 1.11. The van der Waals surface area contributed by atoms with Crippen LogP contribution in [-0.4, -0.2) is 45.9 Å². The van der Waals surface area contributed by atoms with Crippen LogP contribution >= 0.6 is 0 Å². The Labute approximate surface area is 230 Å². The summed E-state index contributed by atoms with van der Waals surface area (Å²) in [5.74, 6) is -2.49. The molecule has 4 rings (SSSR count). The van der Waals surface area contributed by atoms with Crippen molar-refractivity contribution in [3.63, 3.8) is 0 Å². The van der Waals surface area contributed by atoms with Crippen LogP contribution in [0.5, 0.6) is 11.5 Å². The molecule has 1 aliphatic rings. The van der Waals surface area contributed by atoms with Crippen molar-refractivity contribution >= 4 is 45.7 Å². The third-order valence-electron chi connectivity index (χ3n) is 5.77. The zero-order chi connectivity index (χ0) is 29.0. The number of nitrogens with zero attached hydrogens (tertiary/aromatic N) is 1. The summed E-state index contributed by atoms with van der Waals surface area (Å²) in [4.78, 5) is 51.2. The fourth-order valence-corrected chi connectivity index (χ4v) is 4.66. The van der Waals surface area contributed by atoms with E-state index in [4.69, 9.17) is 13.7 Å². The van der Waals surface area contributed by atoms with Crippen molar-refractivity contribution in [3.05, 3.63) is 89.0 Å². The lowest BCUT2D eigenvalue weighted by Crippen LogP contribution is -2.54. The van der Waals surface area contributed by atoms with Gasteiger partial charge in [-0.2, -0.15) is 8.42 Å². The number of ether oxygens (including phenoxy) is 2. The van der Waals surface area contributed by atoms with E-state index in [1.807, 2.05) is 0 Å². The summed E-state index contributed by atoms with van der Waals surface area (Å²) >= 11 is 0. The van der Waals surface area contributed by atoms with E-state index in [1.165, 1.54) is 61.7 Å². The molecular weight excluding hydrogens is 540 g/mol. The van der Waals surface area contributed by atoms with Gasteiger partial charge in [-0.1, -0.05) is 17.7 Å². The van der Waals surface area contributed by atoms with Crippen molar-refractivity contribution < 1.29 is 41.3 Å². The predicted octanol–water partition coefficient (Wildman–Crippen LogP) is 3.61. The number of esters is 1. The number of benzene rings is 3. The van der Waals surface area contributed by atoms with Gasteiger partial charge in [0, 0.05) is 11.6 Å². The number of barbiturate groups is 1. The number of aryl methyl sites for hydroxylation is 1. The lowest BCUT2D eigenvalue weighted by atomic mass is 10.1. The molecule has 40 heavy (non-hydrogen) atoms. The van der Waals surface area contributed by atoms with E-state index in [2.05, 4.69) is 5.32 Å². The maximum atomic E-state index is 13.3. The summed E-state index contributed by atoms with van der Waals surface area (Å²) in [5.41, 5.74) is 0.736. The summed E-state index contributed by atoms with van der Waals surface area (Å²) in [7, 11) is -2.92. The fraction of sp³-hybridized carbons (Fsp3) is 0.143. The maximum Gasteiger partial charge on any atom is 0.339 e. The number of urea groups is 1. The highest BCUT2D eigenvalue weighted by Gasteiger charge is 2.37. The van der Waals surface area contributed by atoms with Crippen LogP contribution in [0.25, 0.3) is 6.08 Å². The molecule has 1 N–H and O–H groups in total. The van der Waals surface area contributed by atoms with Gasteiger partial charge in [-0.05, 0) is 68.5 Å². The van der Waals surface area contributed by atoms with Crippen molar-refractivity contribution in [2.24, 2.45) is 0 Å². The molecule has 0 aliphatic carbocycles. The number of nitrogens with one attached hydrogen (secondary N) is 1.